The SMILES string of the molecule is C/C=C(\C)CC/C=C(\C)CNC(Cc1c[nH]c2ccccc12)C(=O)NC(C)c1ccccc1. The first-order valence-corrected chi connectivity index (χ1v) is 11.9. The first-order valence-electron chi connectivity index (χ1n) is 11.9. The maximum absolute atomic E-state index is 13.3. The van der Waals surface area contributed by atoms with Crippen LogP contribution >= 0.6 is 0 Å². The molecule has 0 aliphatic rings. The summed E-state index contributed by atoms with van der Waals surface area (Å²) < 4.78 is 0. The van der Waals surface area contributed by atoms with Crippen molar-refractivity contribution in [2.24, 2.45) is 0 Å². The van der Waals surface area contributed by atoms with Crippen molar-refractivity contribution in [2.45, 2.75) is 59.0 Å². The second-order valence-electron chi connectivity index (χ2n) is 8.86. The number of carbonyl (C=O) groups is 1. The van der Waals surface area contributed by atoms with E-state index in [0.717, 1.165) is 29.5 Å². The number of nitrogens with one attached hydrogen (secondary N) is 3. The van der Waals surface area contributed by atoms with Gasteiger partial charge in [-0.15, -0.1) is 0 Å². The monoisotopic (exact) mass is 443 g/mol. The van der Waals surface area contributed by atoms with E-state index < -0.39 is 0 Å². The molecular formula is C29H37N3O. The summed E-state index contributed by atoms with van der Waals surface area (Å²) in [6, 6.07) is 18.0. The van der Waals surface area contributed by atoms with Gasteiger partial charge in [-0.2, -0.15) is 0 Å². The molecule has 0 aliphatic carbocycles. The third-order valence-corrected chi connectivity index (χ3v) is 6.23. The van der Waals surface area contributed by atoms with Crippen molar-refractivity contribution in [3.05, 3.63) is 95.2 Å². The fourth-order valence-electron chi connectivity index (χ4n) is 3.96. The normalized spacial score (nSPS) is 14.3. The van der Waals surface area contributed by atoms with Gasteiger partial charge in [0.25, 0.3) is 0 Å². The van der Waals surface area contributed by atoms with Crippen molar-refractivity contribution in [3.63, 3.8) is 0 Å². The fourth-order valence-corrected chi connectivity index (χ4v) is 3.96. The van der Waals surface area contributed by atoms with Crippen LogP contribution in [0.2, 0.25) is 0 Å². The number of hydrogen-bond donors (Lipinski definition) is 3. The molecule has 4 heteroatoms. The molecule has 0 saturated carbocycles. The zero-order chi connectivity index (χ0) is 23.6. The lowest BCUT2D eigenvalue weighted by atomic mass is 10.0. The number of hydrogen-bond acceptors (Lipinski definition) is 2. The van der Waals surface area contributed by atoms with E-state index in [1.807, 2.05) is 55.6 Å². The number of allylic oxidation sites excluding steroid dienone is 3. The molecule has 0 radical (unpaired) electrons. The molecule has 2 aromatic carbocycles. The Morgan fingerprint density at radius 2 is 1.76 bits per heavy atom. The second-order valence-corrected chi connectivity index (χ2v) is 8.86. The van der Waals surface area contributed by atoms with Gasteiger partial charge >= 0.3 is 0 Å². The summed E-state index contributed by atoms with van der Waals surface area (Å²) in [4.78, 5) is 16.7. The first-order chi connectivity index (χ1) is 16.0. The number of fused-ring (bicyclic) bond motifs is 1. The van der Waals surface area contributed by atoms with Crippen LogP contribution in [-0.4, -0.2) is 23.5 Å². The van der Waals surface area contributed by atoms with E-state index in [-0.39, 0.29) is 18.0 Å². The van der Waals surface area contributed by atoms with Crippen LogP contribution in [0.25, 0.3) is 10.9 Å². The van der Waals surface area contributed by atoms with Gasteiger partial charge in [0.15, 0.2) is 0 Å². The van der Waals surface area contributed by atoms with Crippen molar-refractivity contribution in [1.29, 1.82) is 0 Å². The molecular weight excluding hydrogens is 406 g/mol. The van der Waals surface area contributed by atoms with E-state index in [4.69, 9.17) is 0 Å². The molecule has 1 heterocycles. The van der Waals surface area contributed by atoms with Gasteiger partial charge < -0.3 is 15.6 Å². The van der Waals surface area contributed by atoms with Crippen LogP contribution in [0.1, 0.15) is 57.7 Å². The average molecular weight is 444 g/mol. The van der Waals surface area contributed by atoms with E-state index in [2.05, 4.69) is 60.7 Å². The van der Waals surface area contributed by atoms with Crippen molar-refractivity contribution in [2.75, 3.05) is 6.54 Å². The number of aromatic nitrogens is 1. The number of carbonyl (C=O) groups excluding carboxylic acids is 1. The van der Waals surface area contributed by atoms with Gasteiger partial charge in [0, 0.05) is 23.6 Å². The van der Waals surface area contributed by atoms with E-state index in [1.54, 1.807) is 0 Å². The molecule has 3 rings (SSSR count). The molecule has 0 bridgehead atoms. The van der Waals surface area contributed by atoms with Crippen LogP contribution in [0.5, 0.6) is 0 Å². The maximum Gasteiger partial charge on any atom is 0.237 e. The highest BCUT2D eigenvalue weighted by Gasteiger charge is 2.22. The minimum absolute atomic E-state index is 0.0224. The predicted octanol–water partition coefficient (Wildman–Crippen LogP) is 6.24. The Bertz CT molecular complexity index is 1090. The molecule has 1 amide bonds. The Labute approximate surface area is 198 Å². The third-order valence-electron chi connectivity index (χ3n) is 6.23. The van der Waals surface area contributed by atoms with Crippen LogP contribution < -0.4 is 10.6 Å². The topological polar surface area (TPSA) is 56.9 Å². The minimum Gasteiger partial charge on any atom is -0.361 e. The predicted molar refractivity (Wildman–Crippen MR) is 139 cm³/mol. The Balaban J connectivity index is 1.71. The van der Waals surface area contributed by atoms with E-state index in [1.165, 1.54) is 16.5 Å². The summed E-state index contributed by atoms with van der Waals surface area (Å²) in [6.07, 6.45) is 9.18. The smallest absolute Gasteiger partial charge is 0.237 e. The Kier molecular flexibility index (Phi) is 9.08. The molecule has 3 aromatic rings. The number of aromatic amines is 1. The summed E-state index contributed by atoms with van der Waals surface area (Å²) in [5.74, 6) is 0.0224. The zero-order valence-electron chi connectivity index (χ0n) is 20.3. The quantitative estimate of drug-likeness (QED) is 0.307. The van der Waals surface area contributed by atoms with Crippen molar-refractivity contribution >= 4 is 16.8 Å². The lowest BCUT2D eigenvalue weighted by Crippen LogP contribution is -2.46. The summed E-state index contributed by atoms with van der Waals surface area (Å²) in [5, 5.41) is 7.90. The van der Waals surface area contributed by atoms with Gasteiger partial charge in [-0.1, -0.05) is 71.8 Å². The van der Waals surface area contributed by atoms with Crippen molar-refractivity contribution < 1.29 is 4.79 Å². The Morgan fingerprint density at radius 1 is 1.03 bits per heavy atom. The highest BCUT2D eigenvalue weighted by Crippen LogP contribution is 2.20. The van der Waals surface area contributed by atoms with Gasteiger partial charge in [0.2, 0.25) is 5.91 Å². The maximum atomic E-state index is 13.3. The van der Waals surface area contributed by atoms with Gasteiger partial charge in [0.05, 0.1) is 12.1 Å². The van der Waals surface area contributed by atoms with E-state index in [9.17, 15) is 4.79 Å². The van der Waals surface area contributed by atoms with Crippen LogP contribution in [-0.2, 0) is 11.2 Å². The number of benzene rings is 2. The average Bonchev–Trinajstić information content (AvgIpc) is 3.24. The third kappa shape index (κ3) is 7.19. The van der Waals surface area contributed by atoms with Crippen LogP contribution in [0.3, 0.4) is 0 Å². The highest BCUT2D eigenvalue weighted by atomic mass is 16.2. The van der Waals surface area contributed by atoms with Crippen LogP contribution in [0.4, 0.5) is 0 Å². The molecule has 0 aliphatic heterocycles. The van der Waals surface area contributed by atoms with Gasteiger partial charge in [-0.3, -0.25) is 4.79 Å². The Morgan fingerprint density at radius 3 is 2.52 bits per heavy atom. The molecule has 0 fully saturated rings. The van der Waals surface area contributed by atoms with Gasteiger partial charge in [-0.05, 0) is 64.2 Å². The van der Waals surface area contributed by atoms with Crippen molar-refractivity contribution in [1.82, 2.24) is 15.6 Å². The Hall–Kier alpha value is -3.11. The summed E-state index contributed by atoms with van der Waals surface area (Å²) in [7, 11) is 0. The molecule has 0 spiro atoms. The number of H-pyrrole nitrogens is 1. The lowest BCUT2D eigenvalue weighted by Gasteiger charge is -2.22. The minimum atomic E-state index is -0.323. The summed E-state index contributed by atoms with van der Waals surface area (Å²) in [5.41, 5.74) is 6.01. The lowest BCUT2D eigenvalue weighted by molar-refractivity contribution is -0.123. The van der Waals surface area contributed by atoms with E-state index >= 15 is 0 Å². The molecule has 2 atom stereocenters. The van der Waals surface area contributed by atoms with Gasteiger partial charge in [-0.25, -0.2) is 0 Å². The molecule has 33 heavy (non-hydrogen) atoms. The molecule has 3 N–H and O–H groups in total. The molecule has 4 nitrogen and oxygen atoms in total. The van der Waals surface area contributed by atoms with Crippen LogP contribution in [0.15, 0.2) is 84.1 Å². The summed E-state index contributed by atoms with van der Waals surface area (Å²) >= 11 is 0. The van der Waals surface area contributed by atoms with Crippen LogP contribution in [0, 0.1) is 0 Å². The highest BCUT2D eigenvalue weighted by molar-refractivity contribution is 5.86. The zero-order valence-corrected chi connectivity index (χ0v) is 20.3. The van der Waals surface area contributed by atoms with Crippen molar-refractivity contribution in [3.8, 4) is 0 Å². The fraction of sp³-hybridized carbons (Fsp3) is 0.345. The standard InChI is InChI=1S/C29H37N3O/c1-5-21(2)12-11-13-22(3)19-30-28(18-25-20-31-27-17-10-9-16-26(25)27)29(33)32-23(4)24-14-7-6-8-15-24/h5-10,13-17,20,23,28,30-31H,11-12,18-19H2,1-4H3,(H,32,33)/b21-5+,22-13+. The molecule has 2 unspecified atom stereocenters. The molecule has 174 valence electrons. The first kappa shape index (κ1) is 24.5. The van der Waals surface area contributed by atoms with E-state index in [0.29, 0.717) is 13.0 Å². The second kappa shape index (κ2) is 12.2. The summed E-state index contributed by atoms with van der Waals surface area (Å²) in [6.45, 7) is 9.10. The van der Waals surface area contributed by atoms with Gasteiger partial charge in [0.1, 0.15) is 0 Å². The largest absolute Gasteiger partial charge is 0.361 e. The molecule has 0 saturated heterocycles. The number of amides is 1. The molecule has 1 aromatic heterocycles. The number of rotatable bonds is 11. The number of para-hydroxylation sites is 1.